The summed E-state index contributed by atoms with van der Waals surface area (Å²) in [5.41, 5.74) is 8.41. The second-order valence-corrected chi connectivity index (χ2v) is 5.08. The predicted octanol–water partition coefficient (Wildman–Crippen LogP) is 3.76. The van der Waals surface area contributed by atoms with Crippen molar-refractivity contribution < 1.29 is 9.53 Å². The van der Waals surface area contributed by atoms with Gasteiger partial charge in [-0.3, -0.25) is 0 Å². The molecule has 0 radical (unpaired) electrons. The zero-order valence-electron chi connectivity index (χ0n) is 11.1. The van der Waals surface area contributed by atoms with Crippen molar-refractivity contribution in [2.45, 2.75) is 6.61 Å². The number of nitrogen functional groups attached to an aromatic ring is 1. The Labute approximate surface area is 126 Å². The molecule has 0 fully saturated rings. The van der Waals surface area contributed by atoms with Gasteiger partial charge < -0.3 is 15.5 Å². The van der Waals surface area contributed by atoms with Crippen LogP contribution in [0.1, 0.15) is 15.9 Å². The molecule has 3 N–H and O–H groups in total. The Morgan fingerprint density at radius 2 is 2.05 bits per heavy atom. The second-order valence-electron chi connectivity index (χ2n) is 4.67. The van der Waals surface area contributed by atoms with Gasteiger partial charge in [0.05, 0.1) is 5.56 Å². The highest BCUT2D eigenvalue weighted by Crippen LogP contribution is 2.22. The Morgan fingerprint density at radius 3 is 2.86 bits per heavy atom. The number of hydrogen-bond donors (Lipinski definition) is 2. The molecule has 0 amide bonds. The van der Waals surface area contributed by atoms with Crippen LogP contribution in [0.4, 0.5) is 5.69 Å². The van der Waals surface area contributed by atoms with Crippen molar-refractivity contribution in [3.05, 3.63) is 64.8 Å². The summed E-state index contributed by atoms with van der Waals surface area (Å²) in [6.07, 6.45) is 1.62. The van der Waals surface area contributed by atoms with Crippen LogP contribution in [-0.2, 0) is 11.3 Å². The molecule has 0 unspecified atom stereocenters. The van der Waals surface area contributed by atoms with Gasteiger partial charge in [-0.25, -0.2) is 4.79 Å². The average Bonchev–Trinajstić information content (AvgIpc) is 2.89. The number of nitrogens with two attached hydrogens (primary N) is 1. The number of aromatic amines is 1. The molecule has 0 saturated heterocycles. The van der Waals surface area contributed by atoms with Crippen LogP contribution in [0.5, 0.6) is 0 Å². The summed E-state index contributed by atoms with van der Waals surface area (Å²) in [7, 11) is 0. The number of esters is 1. The third-order valence-corrected chi connectivity index (χ3v) is 3.61. The molecule has 0 bridgehead atoms. The highest BCUT2D eigenvalue weighted by molar-refractivity contribution is 6.31. The number of carbonyl (C=O) groups is 1. The topological polar surface area (TPSA) is 68.1 Å². The number of halogens is 1. The standard InChI is InChI=1S/C16H13ClN2O2/c17-14-4-2-1-3-10(14)9-21-16(20)13-8-19-15-7-11(18)5-6-12(13)15/h1-8,19H,9,18H2. The fourth-order valence-corrected chi connectivity index (χ4v) is 2.34. The van der Waals surface area contributed by atoms with E-state index in [1.807, 2.05) is 18.2 Å². The first-order valence-electron chi connectivity index (χ1n) is 6.42. The number of carbonyl (C=O) groups excluding carboxylic acids is 1. The molecular formula is C16H13ClN2O2. The van der Waals surface area contributed by atoms with Crippen LogP contribution in [0.25, 0.3) is 10.9 Å². The maximum atomic E-state index is 12.2. The Hall–Kier alpha value is -2.46. The van der Waals surface area contributed by atoms with E-state index in [1.54, 1.807) is 30.5 Å². The van der Waals surface area contributed by atoms with E-state index in [-0.39, 0.29) is 6.61 Å². The second kappa shape index (κ2) is 5.50. The number of fused-ring (bicyclic) bond motifs is 1. The van der Waals surface area contributed by atoms with Crippen LogP contribution in [0, 0.1) is 0 Å². The van der Waals surface area contributed by atoms with Crippen molar-refractivity contribution in [3.63, 3.8) is 0 Å². The number of ether oxygens (including phenoxy) is 1. The van der Waals surface area contributed by atoms with Crippen LogP contribution in [0.15, 0.2) is 48.7 Å². The van der Waals surface area contributed by atoms with Gasteiger partial charge in [0.15, 0.2) is 0 Å². The lowest BCUT2D eigenvalue weighted by atomic mass is 10.1. The summed E-state index contributed by atoms with van der Waals surface area (Å²) in [5, 5.41) is 1.37. The largest absolute Gasteiger partial charge is 0.457 e. The molecular weight excluding hydrogens is 288 g/mol. The minimum absolute atomic E-state index is 0.139. The van der Waals surface area contributed by atoms with Crippen LogP contribution in [0.2, 0.25) is 5.02 Å². The molecule has 21 heavy (non-hydrogen) atoms. The minimum Gasteiger partial charge on any atom is -0.457 e. The van der Waals surface area contributed by atoms with Gasteiger partial charge >= 0.3 is 5.97 Å². The molecule has 0 aliphatic heterocycles. The number of nitrogens with one attached hydrogen (secondary N) is 1. The highest BCUT2D eigenvalue weighted by atomic mass is 35.5. The molecule has 0 atom stereocenters. The van der Waals surface area contributed by atoms with Crippen LogP contribution >= 0.6 is 11.6 Å². The van der Waals surface area contributed by atoms with Crippen molar-refractivity contribution >= 4 is 34.2 Å². The van der Waals surface area contributed by atoms with E-state index in [0.29, 0.717) is 16.3 Å². The Bertz CT molecular complexity index is 811. The fourth-order valence-electron chi connectivity index (χ4n) is 2.15. The van der Waals surface area contributed by atoms with Gasteiger partial charge in [0.1, 0.15) is 6.61 Å². The summed E-state index contributed by atoms with van der Waals surface area (Å²) in [5.74, 6) is -0.397. The number of anilines is 1. The van der Waals surface area contributed by atoms with E-state index < -0.39 is 5.97 Å². The molecule has 0 saturated carbocycles. The van der Waals surface area contributed by atoms with Crippen LogP contribution < -0.4 is 5.73 Å². The highest BCUT2D eigenvalue weighted by Gasteiger charge is 2.14. The first kappa shape index (κ1) is 13.5. The molecule has 3 rings (SSSR count). The van der Waals surface area contributed by atoms with Crippen molar-refractivity contribution in [2.75, 3.05) is 5.73 Å². The van der Waals surface area contributed by atoms with Crippen molar-refractivity contribution in [1.29, 1.82) is 0 Å². The van der Waals surface area contributed by atoms with Crippen molar-refractivity contribution in [2.24, 2.45) is 0 Å². The van der Waals surface area contributed by atoms with E-state index in [0.717, 1.165) is 16.5 Å². The van der Waals surface area contributed by atoms with Gasteiger partial charge in [-0.1, -0.05) is 29.8 Å². The Morgan fingerprint density at radius 1 is 1.24 bits per heavy atom. The van der Waals surface area contributed by atoms with E-state index in [9.17, 15) is 4.79 Å². The maximum Gasteiger partial charge on any atom is 0.340 e. The van der Waals surface area contributed by atoms with Gasteiger partial charge in [0.25, 0.3) is 0 Å². The molecule has 106 valence electrons. The fraction of sp³-hybridized carbons (Fsp3) is 0.0625. The van der Waals surface area contributed by atoms with Gasteiger partial charge in [-0.2, -0.15) is 0 Å². The summed E-state index contributed by atoms with van der Waals surface area (Å²) < 4.78 is 5.32. The smallest absolute Gasteiger partial charge is 0.340 e. The quantitative estimate of drug-likeness (QED) is 0.571. The average molecular weight is 301 g/mol. The lowest BCUT2D eigenvalue weighted by Gasteiger charge is -2.06. The molecule has 1 heterocycles. The number of aromatic nitrogens is 1. The van der Waals surface area contributed by atoms with E-state index in [2.05, 4.69) is 4.98 Å². The zero-order chi connectivity index (χ0) is 14.8. The molecule has 1 aromatic heterocycles. The lowest BCUT2D eigenvalue weighted by Crippen LogP contribution is -2.04. The SMILES string of the molecule is Nc1ccc2c(C(=O)OCc3ccccc3Cl)c[nH]c2c1. The van der Waals surface area contributed by atoms with E-state index in [1.165, 1.54) is 0 Å². The van der Waals surface area contributed by atoms with Crippen LogP contribution in [0.3, 0.4) is 0 Å². The van der Waals surface area contributed by atoms with Crippen LogP contribution in [-0.4, -0.2) is 11.0 Å². The number of hydrogen-bond acceptors (Lipinski definition) is 3. The summed E-state index contributed by atoms with van der Waals surface area (Å²) in [4.78, 5) is 15.2. The molecule has 2 aromatic carbocycles. The molecule has 0 aliphatic rings. The van der Waals surface area contributed by atoms with Crippen molar-refractivity contribution in [3.8, 4) is 0 Å². The Balaban J connectivity index is 1.80. The minimum atomic E-state index is -0.397. The number of rotatable bonds is 3. The summed E-state index contributed by atoms with van der Waals surface area (Å²) in [6, 6.07) is 12.6. The third kappa shape index (κ3) is 2.71. The number of H-pyrrole nitrogens is 1. The van der Waals surface area contributed by atoms with Gasteiger partial charge in [0.2, 0.25) is 0 Å². The summed E-state index contributed by atoms with van der Waals surface area (Å²) >= 11 is 6.03. The van der Waals surface area contributed by atoms with E-state index >= 15 is 0 Å². The lowest BCUT2D eigenvalue weighted by molar-refractivity contribution is 0.0475. The molecule has 3 aromatic rings. The third-order valence-electron chi connectivity index (χ3n) is 3.24. The molecule has 0 spiro atoms. The molecule has 5 heteroatoms. The monoisotopic (exact) mass is 300 g/mol. The predicted molar refractivity (Wildman–Crippen MR) is 83.3 cm³/mol. The number of benzene rings is 2. The molecule has 4 nitrogen and oxygen atoms in total. The normalized spacial score (nSPS) is 10.7. The maximum absolute atomic E-state index is 12.2. The van der Waals surface area contributed by atoms with Gasteiger partial charge in [0, 0.05) is 33.4 Å². The van der Waals surface area contributed by atoms with E-state index in [4.69, 9.17) is 22.1 Å². The molecule has 0 aliphatic carbocycles. The van der Waals surface area contributed by atoms with Gasteiger partial charge in [-0.15, -0.1) is 0 Å². The first-order chi connectivity index (χ1) is 10.1. The first-order valence-corrected chi connectivity index (χ1v) is 6.80. The van der Waals surface area contributed by atoms with Crippen molar-refractivity contribution in [1.82, 2.24) is 4.98 Å². The zero-order valence-corrected chi connectivity index (χ0v) is 11.9. The summed E-state index contributed by atoms with van der Waals surface area (Å²) in [6.45, 7) is 0.139. The van der Waals surface area contributed by atoms with Gasteiger partial charge in [-0.05, 0) is 24.3 Å². The Kier molecular flexibility index (Phi) is 3.54.